The lowest BCUT2D eigenvalue weighted by Crippen LogP contribution is -2.38. The van der Waals surface area contributed by atoms with Gasteiger partial charge in [0.25, 0.3) is 0 Å². The van der Waals surface area contributed by atoms with E-state index in [0.29, 0.717) is 6.04 Å². The van der Waals surface area contributed by atoms with Crippen molar-refractivity contribution >= 4 is 5.82 Å². The zero-order valence-corrected chi connectivity index (χ0v) is 11.5. The highest BCUT2D eigenvalue weighted by Crippen LogP contribution is 2.30. The molecule has 0 spiro atoms. The highest BCUT2D eigenvalue weighted by molar-refractivity contribution is 5.48. The first-order valence-corrected chi connectivity index (χ1v) is 7.13. The summed E-state index contributed by atoms with van der Waals surface area (Å²) >= 11 is 0. The van der Waals surface area contributed by atoms with Crippen LogP contribution < -0.4 is 4.90 Å². The fourth-order valence-corrected chi connectivity index (χ4v) is 2.95. The first-order valence-electron chi connectivity index (χ1n) is 7.13. The van der Waals surface area contributed by atoms with Gasteiger partial charge in [0, 0.05) is 24.3 Å². The average molecular weight is 248 g/mol. The third-order valence-corrected chi connectivity index (χ3v) is 3.90. The van der Waals surface area contributed by atoms with Crippen LogP contribution in [0.25, 0.3) is 0 Å². The first-order chi connectivity index (χ1) is 8.74. The van der Waals surface area contributed by atoms with Crippen molar-refractivity contribution in [3.05, 3.63) is 23.9 Å². The van der Waals surface area contributed by atoms with Gasteiger partial charge in [0.2, 0.25) is 0 Å². The molecule has 3 nitrogen and oxygen atoms in total. The largest absolute Gasteiger partial charge is 0.389 e. The van der Waals surface area contributed by atoms with E-state index in [2.05, 4.69) is 16.8 Å². The molecule has 3 heteroatoms. The molecule has 0 radical (unpaired) electrons. The van der Waals surface area contributed by atoms with Gasteiger partial charge in [-0.3, -0.25) is 0 Å². The van der Waals surface area contributed by atoms with Gasteiger partial charge in [-0.05, 0) is 32.8 Å². The van der Waals surface area contributed by atoms with Crippen LogP contribution >= 0.6 is 0 Å². The third-order valence-electron chi connectivity index (χ3n) is 3.90. The van der Waals surface area contributed by atoms with Gasteiger partial charge in [-0.15, -0.1) is 0 Å². The predicted molar refractivity (Wildman–Crippen MR) is 74.8 cm³/mol. The topological polar surface area (TPSA) is 36.4 Å². The van der Waals surface area contributed by atoms with Crippen molar-refractivity contribution in [1.29, 1.82) is 0 Å². The molecule has 1 aliphatic carbocycles. The lowest BCUT2D eigenvalue weighted by Gasteiger charge is -2.35. The molecule has 0 aliphatic heterocycles. The molecule has 100 valence electrons. The van der Waals surface area contributed by atoms with E-state index >= 15 is 0 Å². The van der Waals surface area contributed by atoms with Crippen LogP contribution in [0, 0.1) is 0 Å². The normalized spacial score (nSPS) is 18.6. The van der Waals surface area contributed by atoms with Gasteiger partial charge in [-0.25, -0.2) is 4.98 Å². The van der Waals surface area contributed by atoms with Crippen LogP contribution in [-0.2, 0) is 0 Å². The number of aliphatic hydroxyl groups excluding tert-OH is 1. The lowest BCUT2D eigenvalue weighted by molar-refractivity contribution is 0.199. The van der Waals surface area contributed by atoms with Crippen molar-refractivity contribution in [3.63, 3.8) is 0 Å². The number of hydrogen-bond donors (Lipinski definition) is 1. The van der Waals surface area contributed by atoms with Gasteiger partial charge in [0.15, 0.2) is 0 Å². The molecule has 1 heterocycles. The lowest BCUT2D eigenvalue weighted by atomic mass is 9.93. The molecular weight excluding hydrogens is 224 g/mol. The molecule has 0 aromatic carbocycles. The van der Waals surface area contributed by atoms with Crippen molar-refractivity contribution in [2.24, 2.45) is 0 Å². The predicted octanol–water partition coefficient (Wildman–Crippen LogP) is 3.29. The summed E-state index contributed by atoms with van der Waals surface area (Å²) in [6.07, 6.45) is 7.88. The van der Waals surface area contributed by atoms with E-state index in [1.165, 1.54) is 32.1 Å². The summed E-state index contributed by atoms with van der Waals surface area (Å²) in [4.78, 5) is 6.89. The Balaban J connectivity index is 2.26. The summed E-state index contributed by atoms with van der Waals surface area (Å²) in [7, 11) is 0. The molecule has 1 aliphatic rings. The van der Waals surface area contributed by atoms with Crippen LogP contribution in [0.15, 0.2) is 18.3 Å². The van der Waals surface area contributed by atoms with Crippen LogP contribution in [0.5, 0.6) is 0 Å². The number of aliphatic hydroxyl groups is 1. The minimum atomic E-state index is -0.452. The summed E-state index contributed by atoms with van der Waals surface area (Å²) < 4.78 is 0. The number of anilines is 1. The highest BCUT2D eigenvalue weighted by Gasteiger charge is 2.23. The third kappa shape index (κ3) is 2.83. The second kappa shape index (κ2) is 6.19. The molecule has 1 saturated carbocycles. The Kier molecular flexibility index (Phi) is 4.59. The van der Waals surface area contributed by atoms with Crippen molar-refractivity contribution in [1.82, 2.24) is 4.98 Å². The maximum absolute atomic E-state index is 9.88. The van der Waals surface area contributed by atoms with Gasteiger partial charge in [-0.1, -0.05) is 25.3 Å². The number of hydrogen-bond acceptors (Lipinski definition) is 3. The first kappa shape index (κ1) is 13.3. The molecule has 0 saturated heterocycles. The molecule has 1 atom stereocenters. The fourth-order valence-electron chi connectivity index (χ4n) is 2.95. The summed E-state index contributed by atoms with van der Waals surface area (Å²) in [5, 5.41) is 9.88. The molecule has 0 bridgehead atoms. The van der Waals surface area contributed by atoms with Crippen LogP contribution in [0.3, 0.4) is 0 Å². The summed E-state index contributed by atoms with van der Waals surface area (Å²) in [6.45, 7) is 4.95. The zero-order chi connectivity index (χ0) is 13.0. The van der Waals surface area contributed by atoms with E-state index in [1.807, 2.05) is 25.3 Å². The van der Waals surface area contributed by atoms with Crippen molar-refractivity contribution in [2.75, 3.05) is 11.4 Å². The minimum absolute atomic E-state index is 0.452. The highest BCUT2D eigenvalue weighted by atomic mass is 16.3. The van der Waals surface area contributed by atoms with E-state index in [1.54, 1.807) is 0 Å². The smallest absolute Gasteiger partial charge is 0.134 e. The summed E-state index contributed by atoms with van der Waals surface area (Å²) in [5.41, 5.74) is 0.949. The maximum atomic E-state index is 9.88. The molecular formula is C15H24N2O. The number of aromatic nitrogens is 1. The Bertz CT molecular complexity index is 373. The molecule has 1 N–H and O–H groups in total. The van der Waals surface area contributed by atoms with Crippen LogP contribution in [0.1, 0.15) is 57.6 Å². The Hall–Kier alpha value is -1.09. The monoisotopic (exact) mass is 248 g/mol. The Morgan fingerprint density at radius 1 is 1.39 bits per heavy atom. The molecule has 0 unspecified atom stereocenters. The second-order valence-electron chi connectivity index (χ2n) is 5.17. The minimum Gasteiger partial charge on any atom is -0.389 e. The van der Waals surface area contributed by atoms with Gasteiger partial charge in [0.05, 0.1) is 6.10 Å². The zero-order valence-electron chi connectivity index (χ0n) is 11.5. The van der Waals surface area contributed by atoms with Crippen molar-refractivity contribution < 1.29 is 5.11 Å². The fraction of sp³-hybridized carbons (Fsp3) is 0.667. The van der Waals surface area contributed by atoms with Gasteiger partial charge in [-0.2, -0.15) is 0 Å². The average Bonchev–Trinajstić information content (AvgIpc) is 2.41. The molecule has 1 aromatic heterocycles. The number of nitrogens with zero attached hydrogens (tertiary/aromatic N) is 2. The quantitative estimate of drug-likeness (QED) is 0.888. The molecule has 0 amide bonds. The van der Waals surface area contributed by atoms with Gasteiger partial charge in [0.1, 0.15) is 5.82 Å². The van der Waals surface area contributed by atoms with E-state index in [-0.39, 0.29) is 0 Å². The summed E-state index contributed by atoms with van der Waals surface area (Å²) in [6, 6.07) is 4.48. The summed E-state index contributed by atoms with van der Waals surface area (Å²) in [5.74, 6) is 0.974. The standard InChI is InChI=1S/C15H24N2O/c1-3-17(13-8-5-4-6-9-13)15-14(12(2)18)10-7-11-16-15/h7,10-13,18H,3-6,8-9H2,1-2H3/t12-/m0/s1. The van der Waals surface area contributed by atoms with Crippen LogP contribution in [-0.4, -0.2) is 22.7 Å². The molecule has 1 fully saturated rings. The SMILES string of the molecule is CCN(c1ncccc1[C@H](C)O)C1CCCCC1. The van der Waals surface area contributed by atoms with Crippen molar-refractivity contribution in [3.8, 4) is 0 Å². The number of rotatable bonds is 4. The van der Waals surface area contributed by atoms with Gasteiger partial charge >= 0.3 is 0 Å². The maximum Gasteiger partial charge on any atom is 0.134 e. The Labute approximate surface area is 110 Å². The van der Waals surface area contributed by atoms with E-state index in [9.17, 15) is 5.11 Å². The van der Waals surface area contributed by atoms with Crippen molar-refractivity contribution in [2.45, 2.75) is 58.1 Å². The van der Waals surface area contributed by atoms with Crippen LogP contribution in [0.4, 0.5) is 5.82 Å². The van der Waals surface area contributed by atoms with E-state index < -0.39 is 6.10 Å². The molecule has 1 aromatic rings. The Morgan fingerprint density at radius 2 is 2.11 bits per heavy atom. The van der Waals surface area contributed by atoms with Crippen LogP contribution in [0.2, 0.25) is 0 Å². The van der Waals surface area contributed by atoms with E-state index in [0.717, 1.165) is 17.9 Å². The molecule has 18 heavy (non-hydrogen) atoms. The van der Waals surface area contributed by atoms with E-state index in [4.69, 9.17) is 0 Å². The second-order valence-corrected chi connectivity index (χ2v) is 5.17. The number of pyridine rings is 1. The van der Waals surface area contributed by atoms with Gasteiger partial charge < -0.3 is 10.0 Å². The Morgan fingerprint density at radius 3 is 2.72 bits per heavy atom. The molecule has 2 rings (SSSR count).